The van der Waals surface area contributed by atoms with Crippen LogP contribution in [-0.4, -0.2) is 45.7 Å². The van der Waals surface area contributed by atoms with Crippen molar-refractivity contribution in [3.63, 3.8) is 0 Å². The molecule has 2 N–H and O–H groups in total. The second-order valence-corrected chi connectivity index (χ2v) is 12.5. The number of pyridine rings is 2. The maximum Gasteiger partial charge on any atom is 0.433 e. The Balaban J connectivity index is 0.00000337. The molecule has 3 aromatic rings. The van der Waals surface area contributed by atoms with Crippen LogP contribution in [0.2, 0.25) is 0 Å². The Hall–Kier alpha value is -3.09. The van der Waals surface area contributed by atoms with E-state index >= 15 is 0 Å². The molecule has 3 amide bonds. The van der Waals surface area contributed by atoms with Crippen molar-refractivity contribution in [2.24, 2.45) is 23.2 Å². The number of hydrogen-bond acceptors (Lipinski definition) is 7. The molecule has 13 heteroatoms. The number of piperidine rings is 2. The molecule has 0 aromatic carbocycles. The van der Waals surface area contributed by atoms with Crippen molar-refractivity contribution in [2.75, 3.05) is 18.4 Å². The standard InChI is InChI=1S/C28H28F3N5O3S.ClH/c1-13-21(35-24(37)14-4-7-32-8-5-14)17(11-18(34-13)28(29,30)31)22-23-15(6-9-33-22)10-16(40-23)12-36-25(38)19-20(26(36)39)27(19,2)3;/h6,9-11,14,19-20,32H,4-5,7-8,12H2,1-3H3,(H,35,37);1H. The van der Waals surface area contributed by atoms with Gasteiger partial charge in [-0.1, -0.05) is 13.8 Å². The van der Waals surface area contributed by atoms with Crippen LogP contribution in [0, 0.1) is 30.1 Å². The Kier molecular flexibility index (Phi) is 7.40. The first kappa shape index (κ1) is 29.4. The number of aromatic nitrogens is 2. The van der Waals surface area contributed by atoms with Gasteiger partial charge in [0.2, 0.25) is 17.7 Å². The maximum absolute atomic E-state index is 13.8. The lowest BCUT2D eigenvalue weighted by atomic mass is 9.96. The van der Waals surface area contributed by atoms with Crippen LogP contribution in [0.15, 0.2) is 24.4 Å². The fourth-order valence-electron chi connectivity index (χ4n) is 6.08. The van der Waals surface area contributed by atoms with Gasteiger partial charge in [0.1, 0.15) is 5.69 Å². The van der Waals surface area contributed by atoms with Crippen LogP contribution >= 0.6 is 23.7 Å². The number of nitrogens with one attached hydrogen (secondary N) is 2. The third-order valence-corrected chi connectivity index (χ3v) is 9.54. The molecule has 8 nitrogen and oxygen atoms in total. The number of likely N-dealkylation sites (tertiary alicyclic amines) is 1. The van der Waals surface area contributed by atoms with Gasteiger partial charge in [-0.05, 0) is 61.9 Å². The van der Waals surface area contributed by atoms with Gasteiger partial charge in [-0.25, -0.2) is 4.98 Å². The monoisotopic (exact) mass is 607 g/mol. The number of hydrogen-bond donors (Lipinski definition) is 2. The Morgan fingerprint density at radius 1 is 1.17 bits per heavy atom. The quantitative estimate of drug-likeness (QED) is 0.387. The summed E-state index contributed by atoms with van der Waals surface area (Å²) < 4.78 is 42.0. The van der Waals surface area contributed by atoms with Gasteiger partial charge >= 0.3 is 6.18 Å². The smallest absolute Gasteiger partial charge is 0.324 e. The van der Waals surface area contributed by atoms with Crippen LogP contribution < -0.4 is 10.6 Å². The highest BCUT2D eigenvalue weighted by Gasteiger charge is 2.72. The normalized spacial score (nSPS) is 22.0. The molecule has 3 aliphatic rings. The lowest BCUT2D eigenvalue weighted by Crippen LogP contribution is -2.35. The lowest BCUT2D eigenvalue weighted by Gasteiger charge is -2.23. The van der Waals surface area contributed by atoms with E-state index in [1.165, 1.54) is 29.4 Å². The number of carbonyl (C=O) groups is 3. The zero-order chi connectivity index (χ0) is 28.6. The zero-order valence-corrected chi connectivity index (χ0v) is 24.2. The number of imide groups is 1. The molecular weight excluding hydrogens is 579 g/mol. The average molecular weight is 608 g/mol. The fraction of sp³-hybridized carbons (Fsp3) is 0.464. The second-order valence-electron chi connectivity index (χ2n) is 11.4. The van der Waals surface area contributed by atoms with Crippen molar-refractivity contribution < 1.29 is 27.6 Å². The van der Waals surface area contributed by atoms with Gasteiger partial charge in [0, 0.05) is 22.6 Å². The summed E-state index contributed by atoms with van der Waals surface area (Å²) >= 11 is 1.27. The molecule has 0 spiro atoms. The van der Waals surface area contributed by atoms with E-state index in [2.05, 4.69) is 20.6 Å². The van der Waals surface area contributed by atoms with E-state index in [1.807, 2.05) is 19.9 Å². The second kappa shape index (κ2) is 10.3. The average Bonchev–Trinajstić information content (AvgIpc) is 3.15. The van der Waals surface area contributed by atoms with E-state index in [-0.39, 0.29) is 82.5 Å². The van der Waals surface area contributed by atoms with Gasteiger partial charge in [0.15, 0.2) is 0 Å². The number of nitrogens with zero attached hydrogens (tertiary/aromatic N) is 3. The molecule has 2 saturated heterocycles. The summed E-state index contributed by atoms with van der Waals surface area (Å²) in [6.45, 7) is 6.75. The number of alkyl halides is 3. The minimum atomic E-state index is -4.70. The van der Waals surface area contributed by atoms with Crippen molar-refractivity contribution in [3.8, 4) is 11.3 Å². The molecule has 41 heavy (non-hydrogen) atoms. The molecule has 6 rings (SSSR count). The molecule has 2 atom stereocenters. The summed E-state index contributed by atoms with van der Waals surface area (Å²) in [4.78, 5) is 49.0. The third-order valence-electron chi connectivity index (χ3n) is 8.39. The molecule has 3 fully saturated rings. The molecule has 3 aromatic heterocycles. The molecule has 2 aliphatic heterocycles. The summed E-state index contributed by atoms with van der Waals surface area (Å²) in [5.74, 6) is -1.48. The van der Waals surface area contributed by atoms with Gasteiger partial charge in [-0.15, -0.1) is 23.7 Å². The molecule has 1 aliphatic carbocycles. The zero-order valence-electron chi connectivity index (χ0n) is 22.6. The molecular formula is C28H29ClF3N5O3S. The largest absolute Gasteiger partial charge is 0.433 e. The number of halogens is 4. The van der Waals surface area contributed by atoms with Crippen molar-refractivity contribution >= 4 is 57.2 Å². The summed E-state index contributed by atoms with van der Waals surface area (Å²) in [5.41, 5.74) is -0.764. The van der Waals surface area contributed by atoms with E-state index in [0.717, 1.165) is 6.07 Å². The van der Waals surface area contributed by atoms with Gasteiger partial charge in [0.05, 0.1) is 40.2 Å². The summed E-state index contributed by atoms with van der Waals surface area (Å²) in [5, 5.41) is 6.77. The highest BCUT2D eigenvalue weighted by atomic mass is 35.5. The Labute approximate surface area is 244 Å². The van der Waals surface area contributed by atoms with Crippen molar-refractivity contribution in [1.29, 1.82) is 0 Å². The van der Waals surface area contributed by atoms with E-state index in [4.69, 9.17) is 0 Å². The van der Waals surface area contributed by atoms with Crippen LogP contribution in [0.1, 0.15) is 43.0 Å². The Morgan fingerprint density at radius 2 is 1.83 bits per heavy atom. The van der Waals surface area contributed by atoms with E-state index in [1.54, 1.807) is 6.07 Å². The highest BCUT2D eigenvalue weighted by Crippen LogP contribution is 2.63. The van der Waals surface area contributed by atoms with Crippen molar-refractivity contribution in [3.05, 3.63) is 40.7 Å². The summed E-state index contributed by atoms with van der Waals surface area (Å²) in [6, 6.07) is 4.49. The SMILES string of the molecule is Cc1nc(C(F)(F)F)cc(-c2nccc3cc(CN4C(=O)C5C(C4=O)C5(C)C)sc23)c1NC(=O)C1CCNCC1.Cl. The van der Waals surface area contributed by atoms with Gasteiger partial charge in [-0.2, -0.15) is 13.2 Å². The Bertz CT molecular complexity index is 1540. The fourth-order valence-corrected chi connectivity index (χ4v) is 7.22. The van der Waals surface area contributed by atoms with Gasteiger partial charge in [-0.3, -0.25) is 24.3 Å². The molecule has 1 saturated carbocycles. The van der Waals surface area contributed by atoms with Crippen molar-refractivity contribution in [1.82, 2.24) is 20.2 Å². The number of thiophene rings is 1. The first-order valence-corrected chi connectivity index (χ1v) is 14.0. The summed E-state index contributed by atoms with van der Waals surface area (Å²) in [6.07, 6.45) is -1.94. The summed E-state index contributed by atoms with van der Waals surface area (Å²) in [7, 11) is 0. The number of aryl methyl sites for hydroxylation is 1. The molecule has 0 bridgehead atoms. The van der Waals surface area contributed by atoms with Crippen LogP contribution in [-0.2, 0) is 27.1 Å². The van der Waals surface area contributed by atoms with Crippen LogP contribution in [0.25, 0.3) is 21.3 Å². The minimum absolute atomic E-state index is 0. The Morgan fingerprint density at radius 3 is 2.46 bits per heavy atom. The van der Waals surface area contributed by atoms with Crippen molar-refractivity contribution in [2.45, 2.75) is 46.3 Å². The van der Waals surface area contributed by atoms with E-state index in [0.29, 0.717) is 40.9 Å². The number of anilines is 1. The predicted molar refractivity (Wildman–Crippen MR) is 150 cm³/mol. The van der Waals surface area contributed by atoms with Crippen LogP contribution in [0.3, 0.4) is 0 Å². The van der Waals surface area contributed by atoms with Crippen LogP contribution in [0.4, 0.5) is 18.9 Å². The third kappa shape index (κ3) is 4.99. The number of amides is 3. The predicted octanol–water partition coefficient (Wildman–Crippen LogP) is 5.19. The molecule has 218 valence electrons. The first-order chi connectivity index (χ1) is 18.9. The minimum Gasteiger partial charge on any atom is -0.324 e. The van der Waals surface area contributed by atoms with Gasteiger partial charge < -0.3 is 10.6 Å². The number of carbonyl (C=O) groups excluding carboxylic acids is 3. The van der Waals surface area contributed by atoms with Crippen LogP contribution in [0.5, 0.6) is 0 Å². The number of fused-ring (bicyclic) bond motifs is 2. The highest BCUT2D eigenvalue weighted by molar-refractivity contribution is 7.19. The maximum atomic E-state index is 13.8. The van der Waals surface area contributed by atoms with E-state index < -0.39 is 11.9 Å². The lowest BCUT2D eigenvalue weighted by molar-refractivity contribution is -0.144. The topological polar surface area (TPSA) is 104 Å². The van der Waals surface area contributed by atoms with Gasteiger partial charge in [0.25, 0.3) is 0 Å². The molecule has 2 unspecified atom stereocenters. The molecule has 0 radical (unpaired) electrons. The number of rotatable bonds is 5. The molecule has 5 heterocycles. The first-order valence-electron chi connectivity index (χ1n) is 13.2. The van der Waals surface area contributed by atoms with E-state index in [9.17, 15) is 27.6 Å².